The second-order valence-electron chi connectivity index (χ2n) is 4.09. The van der Waals surface area contributed by atoms with Crippen molar-refractivity contribution in [3.8, 4) is 5.75 Å². The van der Waals surface area contributed by atoms with Crippen molar-refractivity contribution in [2.75, 3.05) is 11.9 Å². The van der Waals surface area contributed by atoms with Crippen molar-refractivity contribution in [3.05, 3.63) is 43.0 Å². The molecule has 0 aliphatic carbocycles. The number of nitrogens with one attached hydrogen (secondary N) is 1. The third-order valence-corrected chi connectivity index (χ3v) is 5.26. The summed E-state index contributed by atoms with van der Waals surface area (Å²) in [7, 11) is 0. The number of anilines is 1. The van der Waals surface area contributed by atoms with Crippen LogP contribution in [0.25, 0.3) is 0 Å². The van der Waals surface area contributed by atoms with Crippen LogP contribution in [0, 0.1) is 0 Å². The van der Waals surface area contributed by atoms with E-state index in [0.717, 1.165) is 4.47 Å². The summed E-state index contributed by atoms with van der Waals surface area (Å²) in [5, 5.41) is 4.55. The van der Waals surface area contributed by atoms with E-state index in [0.29, 0.717) is 26.4 Å². The molecule has 0 fully saturated rings. The van der Waals surface area contributed by atoms with Crippen molar-refractivity contribution in [2.24, 2.45) is 0 Å². The molecular weight excluding hydrogens is 410 g/mol. The fourth-order valence-corrected chi connectivity index (χ4v) is 3.88. The molecule has 4 nitrogen and oxygen atoms in total. The number of hydrogen-bond donors (Lipinski definition) is 1. The van der Waals surface area contributed by atoms with E-state index >= 15 is 0 Å². The topological polar surface area (TPSA) is 55.4 Å². The average molecular weight is 417 g/mol. The lowest BCUT2D eigenvalue weighted by atomic mass is 10.1. The Bertz CT molecular complexity index is 726. The molecule has 102 valence electrons. The lowest BCUT2D eigenvalue weighted by Crippen LogP contribution is -2.25. The van der Waals surface area contributed by atoms with E-state index in [2.05, 4.69) is 37.2 Å². The first kappa shape index (κ1) is 13.8. The standard InChI is InChI=1S/C13H7Br2NO3S/c14-7-1-2-20-13(7)12(18)6-3-10-9(4-8(6)15)16-11(17)5-19-10/h1-4H,5H2,(H,16,17). The molecule has 1 aliphatic heterocycles. The maximum Gasteiger partial charge on any atom is 0.262 e. The minimum absolute atomic E-state index is 0.0367. The van der Waals surface area contributed by atoms with Gasteiger partial charge in [0.2, 0.25) is 5.78 Å². The molecule has 1 aliphatic rings. The molecule has 1 N–H and O–H groups in total. The number of rotatable bonds is 2. The predicted molar refractivity (Wildman–Crippen MR) is 83.7 cm³/mol. The Morgan fingerprint density at radius 3 is 2.80 bits per heavy atom. The molecule has 0 saturated heterocycles. The maximum atomic E-state index is 12.5. The van der Waals surface area contributed by atoms with E-state index in [1.165, 1.54) is 11.3 Å². The molecule has 0 bridgehead atoms. The summed E-state index contributed by atoms with van der Waals surface area (Å²) in [5.74, 6) is 0.204. The first-order chi connectivity index (χ1) is 9.56. The van der Waals surface area contributed by atoms with Crippen molar-refractivity contribution in [1.29, 1.82) is 0 Å². The largest absolute Gasteiger partial charge is 0.482 e. The van der Waals surface area contributed by atoms with E-state index in [-0.39, 0.29) is 18.3 Å². The third-order valence-electron chi connectivity index (χ3n) is 2.77. The first-order valence-electron chi connectivity index (χ1n) is 5.60. The average Bonchev–Trinajstić information content (AvgIpc) is 2.83. The van der Waals surface area contributed by atoms with Gasteiger partial charge < -0.3 is 10.1 Å². The lowest BCUT2D eigenvalue weighted by molar-refractivity contribution is -0.118. The van der Waals surface area contributed by atoms with Crippen LogP contribution in [-0.4, -0.2) is 18.3 Å². The molecule has 2 heterocycles. The Kier molecular flexibility index (Phi) is 3.66. The van der Waals surface area contributed by atoms with E-state index in [9.17, 15) is 9.59 Å². The van der Waals surface area contributed by atoms with Crippen LogP contribution in [0.15, 0.2) is 32.5 Å². The Labute approximate surface area is 135 Å². The van der Waals surface area contributed by atoms with Crippen LogP contribution in [0.1, 0.15) is 15.2 Å². The number of carbonyl (C=O) groups excluding carboxylic acids is 2. The highest BCUT2D eigenvalue weighted by molar-refractivity contribution is 9.11. The Morgan fingerprint density at radius 2 is 2.10 bits per heavy atom. The first-order valence-corrected chi connectivity index (χ1v) is 8.06. The monoisotopic (exact) mass is 415 g/mol. The second-order valence-corrected chi connectivity index (χ2v) is 6.72. The summed E-state index contributed by atoms with van der Waals surface area (Å²) in [6.07, 6.45) is 0. The van der Waals surface area contributed by atoms with Crippen LogP contribution in [0.3, 0.4) is 0 Å². The van der Waals surface area contributed by atoms with Gasteiger partial charge in [-0.2, -0.15) is 0 Å². The highest BCUT2D eigenvalue weighted by Gasteiger charge is 2.22. The van der Waals surface area contributed by atoms with Crippen LogP contribution in [-0.2, 0) is 4.79 Å². The van der Waals surface area contributed by atoms with E-state index in [4.69, 9.17) is 4.74 Å². The lowest BCUT2D eigenvalue weighted by Gasteiger charge is -2.19. The number of halogens is 2. The van der Waals surface area contributed by atoms with Gasteiger partial charge in [-0.15, -0.1) is 11.3 Å². The van der Waals surface area contributed by atoms with E-state index in [1.54, 1.807) is 12.1 Å². The summed E-state index contributed by atoms with van der Waals surface area (Å²) in [4.78, 5) is 24.4. The fourth-order valence-electron chi connectivity index (χ4n) is 1.85. The number of ether oxygens (including phenoxy) is 1. The van der Waals surface area contributed by atoms with Gasteiger partial charge in [0.05, 0.1) is 10.6 Å². The molecule has 1 aromatic carbocycles. The molecule has 2 aromatic rings. The Hall–Kier alpha value is -1.18. The number of fused-ring (bicyclic) bond motifs is 1. The van der Waals surface area contributed by atoms with Crippen LogP contribution >= 0.6 is 43.2 Å². The van der Waals surface area contributed by atoms with E-state index < -0.39 is 0 Å². The van der Waals surface area contributed by atoms with E-state index in [1.807, 2.05) is 11.4 Å². The van der Waals surface area contributed by atoms with Gasteiger partial charge in [-0.05, 0) is 55.4 Å². The van der Waals surface area contributed by atoms with Crippen LogP contribution < -0.4 is 10.1 Å². The number of ketones is 1. The highest BCUT2D eigenvalue weighted by Crippen LogP contribution is 2.36. The number of thiophene rings is 1. The maximum absolute atomic E-state index is 12.5. The molecule has 0 spiro atoms. The minimum atomic E-state index is -0.204. The van der Waals surface area contributed by atoms with Crippen LogP contribution in [0.4, 0.5) is 5.69 Å². The van der Waals surface area contributed by atoms with Crippen molar-refractivity contribution in [3.63, 3.8) is 0 Å². The summed E-state index contributed by atoms with van der Waals surface area (Å²) in [6.45, 7) is -0.0367. The van der Waals surface area contributed by atoms with Crippen molar-refractivity contribution in [1.82, 2.24) is 0 Å². The number of carbonyl (C=O) groups is 2. The summed E-state index contributed by atoms with van der Waals surface area (Å²) in [5.41, 5.74) is 1.07. The molecule has 1 aromatic heterocycles. The number of amides is 1. The van der Waals surface area contributed by atoms with Gasteiger partial charge in [-0.25, -0.2) is 0 Å². The van der Waals surface area contributed by atoms with Gasteiger partial charge >= 0.3 is 0 Å². The molecule has 0 radical (unpaired) electrons. The van der Waals surface area contributed by atoms with Crippen LogP contribution in [0.5, 0.6) is 5.75 Å². The molecule has 7 heteroatoms. The van der Waals surface area contributed by atoms with Gasteiger partial charge in [-0.1, -0.05) is 0 Å². The molecule has 3 rings (SSSR count). The molecule has 0 unspecified atom stereocenters. The van der Waals surface area contributed by atoms with Crippen molar-refractivity contribution >= 4 is 60.6 Å². The smallest absolute Gasteiger partial charge is 0.262 e. The predicted octanol–water partition coefficient (Wildman–Crippen LogP) is 3.84. The zero-order valence-corrected chi connectivity index (χ0v) is 13.9. The molecule has 20 heavy (non-hydrogen) atoms. The quantitative estimate of drug-likeness (QED) is 0.756. The Balaban J connectivity index is 2.05. The molecular formula is C13H7Br2NO3S. The van der Waals surface area contributed by atoms with Gasteiger partial charge in [0.25, 0.3) is 5.91 Å². The second kappa shape index (κ2) is 5.31. The summed E-state index contributed by atoms with van der Waals surface area (Å²) < 4.78 is 6.72. The van der Waals surface area contributed by atoms with Crippen LogP contribution in [0.2, 0.25) is 0 Å². The van der Waals surface area contributed by atoms with Gasteiger partial charge in [-0.3, -0.25) is 9.59 Å². The SMILES string of the molecule is O=C1COc2cc(C(=O)c3sccc3Br)c(Br)cc2N1. The highest BCUT2D eigenvalue weighted by atomic mass is 79.9. The van der Waals surface area contributed by atoms with Gasteiger partial charge in [0, 0.05) is 14.5 Å². The molecule has 0 atom stereocenters. The summed E-state index contributed by atoms with van der Waals surface area (Å²) >= 11 is 8.10. The van der Waals surface area contributed by atoms with Gasteiger partial charge in [0.1, 0.15) is 5.75 Å². The molecule has 0 saturated carbocycles. The minimum Gasteiger partial charge on any atom is -0.482 e. The third kappa shape index (κ3) is 2.41. The Morgan fingerprint density at radius 1 is 1.30 bits per heavy atom. The molecule has 1 amide bonds. The van der Waals surface area contributed by atoms with Crippen molar-refractivity contribution < 1.29 is 14.3 Å². The van der Waals surface area contributed by atoms with Crippen molar-refractivity contribution in [2.45, 2.75) is 0 Å². The number of hydrogen-bond acceptors (Lipinski definition) is 4. The normalized spacial score (nSPS) is 13.4. The summed E-state index contributed by atoms with van der Waals surface area (Å²) in [6, 6.07) is 5.16. The fraction of sp³-hybridized carbons (Fsp3) is 0.0769. The van der Waals surface area contributed by atoms with Gasteiger partial charge in [0.15, 0.2) is 6.61 Å². The zero-order valence-electron chi connectivity index (χ0n) is 9.91. The zero-order chi connectivity index (χ0) is 14.3. The number of benzene rings is 1.